The highest BCUT2D eigenvalue weighted by Gasteiger charge is 2.19. The molecule has 118 valence electrons. The molecule has 1 aromatic rings. The zero-order valence-corrected chi connectivity index (χ0v) is 15.1. The Morgan fingerprint density at radius 1 is 1.19 bits per heavy atom. The second kappa shape index (κ2) is 8.16. The normalized spacial score (nSPS) is 22.5. The van der Waals surface area contributed by atoms with Crippen molar-refractivity contribution in [2.24, 2.45) is 0 Å². The molecule has 0 bridgehead atoms. The largest absolute Gasteiger partial charge is 0.493 e. The van der Waals surface area contributed by atoms with Crippen LogP contribution in [-0.4, -0.2) is 46.4 Å². The van der Waals surface area contributed by atoms with Crippen molar-refractivity contribution in [3.8, 4) is 5.75 Å². The van der Waals surface area contributed by atoms with Crippen LogP contribution in [0.25, 0.3) is 0 Å². The topological polar surface area (TPSA) is 18.1 Å². The van der Waals surface area contributed by atoms with E-state index in [4.69, 9.17) is 4.74 Å². The SMILES string of the molecule is CC(C)c1cc(Br)ccc1OCCC[NH+]1CC[NH+](C)CC1. The summed E-state index contributed by atoms with van der Waals surface area (Å²) in [6.07, 6.45) is 1.14. The molecule has 0 saturated carbocycles. The molecule has 0 aliphatic carbocycles. The molecule has 1 aliphatic rings. The van der Waals surface area contributed by atoms with E-state index < -0.39 is 0 Å². The quantitative estimate of drug-likeness (QED) is 0.720. The molecule has 2 rings (SSSR count). The molecule has 0 aromatic heterocycles. The lowest BCUT2D eigenvalue weighted by atomic mass is 10.0. The first-order chi connectivity index (χ1) is 10.1. The summed E-state index contributed by atoms with van der Waals surface area (Å²) >= 11 is 3.54. The number of ether oxygens (including phenoxy) is 1. The van der Waals surface area contributed by atoms with E-state index in [1.165, 1.54) is 38.3 Å². The minimum Gasteiger partial charge on any atom is -0.493 e. The summed E-state index contributed by atoms with van der Waals surface area (Å²) in [7, 11) is 2.29. The number of hydrogen-bond acceptors (Lipinski definition) is 1. The number of nitrogens with one attached hydrogen (secondary N) is 2. The van der Waals surface area contributed by atoms with Gasteiger partial charge in [-0.25, -0.2) is 0 Å². The zero-order valence-electron chi connectivity index (χ0n) is 13.5. The molecule has 21 heavy (non-hydrogen) atoms. The van der Waals surface area contributed by atoms with Gasteiger partial charge in [-0.1, -0.05) is 29.8 Å². The van der Waals surface area contributed by atoms with Gasteiger partial charge in [-0.3, -0.25) is 0 Å². The van der Waals surface area contributed by atoms with E-state index in [1.54, 1.807) is 9.80 Å². The summed E-state index contributed by atoms with van der Waals surface area (Å²) < 4.78 is 7.15. The maximum absolute atomic E-state index is 6.03. The molecule has 0 amide bonds. The third-order valence-electron chi connectivity index (χ3n) is 4.34. The number of quaternary nitrogens is 2. The monoisotopic (exact) mass is 356 g/mol. The van der Waals surface area contributed by atoms with Crippen LogP contribution in [0.2, 0.25) is 0 Å². The van der Waals surface area contributed by atoms with Gasteiger partial charge in [0, 0.05) is 10.9 Å². The third-order valence-corrected chi connectivity index (χ3v) is 4.83. The molecule has 0 radical (unpaired) electrons. The lowest BCUT2D eigenvalue weighted by Gasteiger charge is -2.27. The van der Waals surface area contributed by atoms with Crippen molar-refractivity contribution in [2.75, 3.05) is 46.4 Å². The van der Waals surface area contributed by atoms with Crippen LogP contribution < -0.4 is 14.5 Å². The smallest absolute Gasteiger partial charge is 0.127 e. The Balaban J connectivity index is 1.76. The number of piperazine rings is 1. The molecule has 1 saturated heterocycles. The van der Waals surface area contributed by atoms with Gasteiger partial charge in [0.25, 0.3) is 0 Å². The predicted molar refractivity (Wildman–Crippen MR) is 90.5 cm³/mol. The van der Waals surface area contributed by atoms with Crippen LogP contribution in [0.1, 0.15) is 31.7 Å². The summed E-state index contributed by atoms with van der Waals surface area (Å²) in [5.74, 6) is 1.54. The van der Waals surface area contributed by atoms with Gasteiger partial charge in [-0.15, -0.1) is 0 Å². The van der Waals surface area contributed by atoms with Crippen molar-refractivity contribution >= 4 is 15.9 Å². The second-order valence-corrected chi connectivity index (χ2v) is 7.41. The summed E-state index contributed by atoms with van der Waals surface area (Å²) in [5, 5.41) is 0. The Bertz CT molecular complexity index is 442. The van der Waals surface area contributed by atoms with Crippen molar-refractivity contribution in [1.82, 2.24) is 0 Å². The predicted octanol–water partition coefficient (Wildman–Crippen LogP) is 0.755. The van der Waals surface area contributed by atoms with E-state index in [-0.39, 0.29) is 0 Å². The molecule has 1 heterocycles. The van der Waals surface area contributed by atoms with Crippen molar-refractivity contribution < 1.29 is 14.5 Å². The molecule has 1 aromatic carbocycles. The maximum atomic E-state index is 6.03. The van der Waals surface area contributed by atoms with Crippen LogP contribution in [0.5, 0.6) is 5.75 Å². The van der Waals surface area contributed by atoms with Crippen molar-refractivity contribution in [2.45, 2.75) is 26.2 Å². The molecule has 2 N–H and O–H groups in total. The first-order valence-corrected chi connectivity index (χ1v) is 8.92. The number of hydrogen-bond donors (Lipinski definition) is 2. The molecular formula is C17H29BrN2O+2. The Labute approximate surface area is 137 Å². The average molecular weight is 357 g/mol. The van der Waals surface area contributed by atoms with Gasteiger partial charge in [0.15, 0.2) is 0 Å². The highest BCUT2D eigenvalue weighted by molar-refractivity contribution is 9.10. The van der Waals surface area contributed by atoms with Gasteiger partial charge in [0.1, 0.15) is 31.9 Å². The Hall–Kier alpha value is -0.580. The average Bonchev–Trinajstić information content (AvgIpc) is 2.46. The van der Waals surface area contributed by atoms with E-state index in [0.29, 0.717) is 5.92 Å². The maximum Gasteiger partial charge on any atom is 0.127 e. The molecule has 0 spiro atoms. The standard InChI is InChI=1S/C17H27BrN2O/c1-14(2)16-13-15(18)5-6-17(16)21-12-4-7-20-10-8-19(3)9-11-20/h5-6,13-14H,4,7-12H2,1-3H3/p+2. The fourth-order valence-corrected chi connectivity index (χ4v) is 3.27. The van der Waals surface area contributed by atoms with Gasteiger partial charge in [-0.2, -0.15) is 0 Å². The minimum absolute atomic E-state index is 0.490. The van der Waals surface area contributed by atoms with Gasteiger partial charge in [0.05, 0.1) is 20.2 Å². The molecule has 3 nitrogen and oxygen atoms in total. The van der Waals surface area contributed by atoms with E-state index in [1.807, 2.05) is 0 Å². The Morgan fingerprint density at radius 3 is 2.57 bits per heavy atom. The second-order valence-electron chi connectivity index (χ2n) is 6.50. The van der Waals surface area contributed by atoms with Gasteiger partial charge < -0.3 is 14.5 Å². The number of rotatable bonds is 6. The summed E-state index contributed by atoms with van der Waals surface area (Å²) in [4.78, 5) is 3.41. The molecule has 0 atom stereocenters. The molecule has 1 fully saturated rings. The first kappa shape index (κ1) is 16.8. The van der Waals surface area contributed by atoms with Crippen molar-refractivity contribution in [3.05, 3.63) is 28.2 Å². The highest BCUT2D eigenvalue weighted by Crippen LogP contribution is 2.29. The van der Waals surface area contributed by atoms with E-state index in [2.05, 4.69) is 55.0 Å². The number of likely N-dealkylation sites (N-methyl/N-ethyl adjacent to an activating group) is 1. The van der Waals surface area contributed by atoms with Crippen LogP contribution in [-0.2, 0) is 0 Å². The number of benzene rings is 1. The van der Waals surface area contributed by atoms with Crippen LogP contribution in [0.4, 0.5) is 0 Å². The highest BCUT2D eigenvalue weighted by atomic mass is 79.9. The van der Waals surface area contributed by atoms with Crippen LogP contribution in [0.3, 0.4) is 0 Å². The van der Waals surface area contributed by atoms with Crippen LogP contribution in [0, 0.1) is 0 Å². The molecular weight excluding hydrogens is 328 g/mol. The van der Waals surface area contributed by atoms with E-state index >= 15 is 0 Å². The third kappa shape index (κ3) is 5.28. The van der Waals surface area contributed by atoms with Crippen LogP contribution >= 0.6 is 15.9 Å². The van der Waals surface area contributed by atoms with E-state index in [9.17, 15) is 0 Å². The summed E-state index contributed by atoms with van der Waals surface area (Å²) in [6.45, 7) is 11.7. The van der Waals surface area contributed by atoms with E-state index in [0.717, 1.165) is 23.2 Å². The number of halogens is 1. The van der Waals surface area contributed by atoms with Crippen LogP contribution in [0.15, 0.2) is 22.7 Å². The van der Waals surface area contributed by atoms with Gasteiger partial charge >= 0.3 is 0 Å². The Kier molecular flexibility index (Phi) is 6.52. The van der Waals surface area contributed by atoms with Gasteiger partial charge in [-0.05, 0) is 29.7 Å². The lowest BCUT2D eigenvalue weighted by molar-refractivity contribution is -1.00. The summed E-state index contributed by atoms with van der Waals surface area (Å²) in [5.41, 5.74) is 1.29. The first-order valence-electron chi connectivity index (χ1n) is 8.13. The van der Waals surface area contributed by atoms with Crippen molar-refractivity contribution in [3.63, 3.8) is 0 Å². The summed E-state index contributed by atoms with van der Waals surface area (Å²) in [6, 6.07) is 6.33. The zero-order chi connectivity index (χ0) is 15.2. The van der Waals surface area contributed by atoms with Gasteiger partial charge in [0.2, 0.25) is 0 Å². The molecule has 4 heteroatoms. The van der Waals surface area contributed by atoms with Crippen molar-refractivity contribution in [1.29, 1.82) is 0 Å². The fraction of sp³-hybridized carbons (Fsp3) is 0.647. The molecule has 0 unspecified atom stereocenters. The molecule has 1 aliphatic heterocycles. The lowest BCUT2D eigenvalue weighted by Crippen LogP contribution is -3.27. The minimum atomic E-state index is 0.490. The fourth-order valence-electron chi connectivity index (χ4n) is 2.89. The Morgan fingerprint density at radius 2 is 1.90 bits per heavy atom.